The number of nitro groups is 1. The predicted molar refractivity (Wildman–Crippen MR) is 136 cm³/mol. The first-order valence-corrected chi connectivity index (χ1v) is 11.7. The molecule has 0 bridgehead atoms. The van der Waals surface area contributed by atoms with Crippen LogP contribution in [-0.2, 0) is 9.59 Å². The number of nitrogens with zero attached hydrogens (tertiary/aromatic N) is 3. The van der Waals surface area contributed by atoms with Crippen LogP contribution in [0.25, 0.3) is 16.0 Å². The number of thiazole rings is 1. The summed E-state index contributed by atoms with van der Waals surface area (Å²) >= 11 is 7.26. The first-order chi connectivity index (χ1) is 17.3. The molecular weight excluding hydrogens is 506 g/mol. The Morgan fingerprint density at radius 1 is 1.14 bits per heavy atom. The van der Waals surface area contributed by atoms with Crippen LogP contribution in [0.15, 0.2) is 72.3 Å². The molecule has 0 radical (unpaired) electrons. The Bertz CT molecular complexity index is 1580. The topological polar surface area (TPSA) is 123 Å². The molecule has 1 N–H and O–H groups in total. The van der Waals surface area contributed by atoms with Gasteiger partial charge in [0.25, 0.3) is 11.5 Å². The number of ketones is 1. The van der Waals surface area contributed by atoms with E-state index in [1.807, 2.05) is 0 Å². The number of methoxy groups -OCH3 is 1. The second-order valence-electron chi connectivity index (χ2n) is 7.86. The summed E-state index contributed by atoms with van der Waals surface area (Å²) in [6, 6.07) is 15.9. The van der Waals surface area contributed by atoms with Crippen molar-refractivity contribution >= 4 is 61.4 Å². The maximum Gasteiger partial charge on any atom is 0.301 e. The number of halogens is 1. The number of non-ortho nitro benzene ring substituents is 1. The van der Waals surface area contributed by atoms with Gasteiger partial charge in [0.05, 0.1) is 33.9 Å². The number of nitro benzene ring substituents is 1. The summed E-state index contributed by atoms with van der Waals surface area (Å²) in [7, 11) is 1.47. The Hall–Kier alpha value is -4.28. The highest BCUT2D eigenvalue weighted by molar-refractivity contribution is 7.22. The average molecular weight is 522 g/mol. The maximum absolute atomic E-state index is 13.3. The molecule has 1 aliphatic heterocycles. The van der Waals surface area contributed by atoms with Crippen LogP contribution in [0, 0.1) is 10.1 Å². The zero-order chi connectivity index (χ0) is 25.6. The normalized spacial score (nSPS) is 17.1. The van der Waals surface area contributed by atoms with E-state index in [2.05, 4.69) is 4.98 Å². The lowest BCUT2D eigenvalue weighted by Gasteiger charge is -2.22. The van der Waals surface area contributed by atoms with E-state index in [4.69, 9.17) is 16.3 Å². The molecule has 4 aromatic rings. The van der Waals surface area contributed by atoms with Gasteiger partial charge in [-0.2, -0.15) is 0 Å². The zero-order valence-corrected chi connectivity index (χ0v) is 20.1. The number of fused-ring (bicyclic) bond motifs is 1. The molecular formula is C25H16ClN3O6S. The van der Waals surface area contributed by atoms with Crippen molar-refractivity contribution in [1.29, 1.82) is 0 Å². The van der Waals surface area contributed by atoms with Gasteiger partial charge in [0, 0.05) is 22.7 Å². The van der Waals surface area contributed by atoms with Crippen LogP contribution < -0.4 is 9.64 Å². The lowest BCUT2D eigenvalue weighted by molar-refractivity contribution is -0.384. The van der Waals surface area contributed by atoms with E-state index in [0.717, 1.165) is 11.3 Å². The van der Waals surface area contributed by atoms with E-state index in [9.17, 15) is 24.8 Å². The number of hydrogen-bond acceptors (Lipinski definition) is 8. The third-order valence-electron chi connectivity index (χ3n) is 5.75. The first-order valence-electron chi connectivity index (χ1n) is 10.5. The van der Waals surface area contributed by atoms with Crippen molar-refractivity contribution in [3.8, 4) is 5.75 Å². The number of Topliss-reactive ketones (excluding diaryl/α,β-unsaturated/α-hetero) is 1. The molecule has 2 heterocycles. The molecule has 1 fully saturated rings. The van der Waals surface area contributed by atoms with Crippen molar-refractivity contribution in [3.63, 3.8) is 0 Å². The third kappa shape index (κ3) is 3.96. The number of ether oxygens (including phenoxy) is 1. The number of aromatic nitrogens is 1. The molecule has 36 heavy (non-hydrogen) atoms. The highest BCUT2D eigenvalue weighted by Gasteiger charge is 2.48. The fraction of sp³-hybridized carbons (Fsp3) is 0.0800. The predicted octanol–water partition coefficient (Wildman–Crippen LogP) is 5.49. The molecule has 0 spiro atoms. The van der Waals surface area contributed by atoms with Gasteiger partial charge < -0.3 is 9.84 Å². The maximum atomic E-state index is 13.3. The van der Waals surface area contributed by atoms with Crippen molar-refractivity contribution in [3.05, 3.63) is 98.6 Å². The second-order valence-corrected chi connectivity index (χ2v) is 9.30. The summed E-state index contributed by atoms with van der Waals surface area (Å²) in [6.07, 6.45) is 0. The SMILES string of the molecule is COc1cccc(/C(O)=C2\C(=O)C(=O)N(c3nc4ccc(Cl)cc4s3)C2c2ccc([N+](=O)[O-])cc2)c1. The molecule has 9 nitrogen and oxygen atoms in total. The van der Waals surface area contributed by atoms with Gasteiger partial charge in [-0.05, 0) is 48.0 Å². The summed E-state index contributed by atoms with van der Waals surface area (Å²) < 4.78 is 5.92. The number of anilines is 1. The monoisotopic (exact) mass is 521 g/mol. The van der Waals surface area contributed by atoms with Gasteiger partial charge in [-0.3, -0.25) is 24.6 Å². The van der Waals surface area contributed by atoms with Gasteiger partial charge in [0.15, 0.2) is 5.13 Å². The minimum atomic E-state index is -1.08. The number of carbonyl (C=O) groups excluding carboxylic acids is 2. The largest absolute Gasteiger partial charge is 0.507 e. The van der Waals surface area contributed by atoms with Crippen molar-refractivity contribution in [1.82, 2.24) is 4.98 Å². The number of benzene rings is 3. The molecule has 3 aromatic carbocycles. The van der Waals surface area contributed by atoms with Crippen LogP contribution in [0.1, 0.15) is 17.2 Å². The Morgan fingerprint density at radius 3 is 2.58 bits per heavy atom. The minimum absolute atomic E-state index is 0.155. The van der Waals surface area contributed by atoms with Crippen LogP contribution in [0.2, 0.25) is 5.02 Å². The summed E-state index contributed by atoms with van der Waals surface area (Å²) in [4.78, 5) is 43.0. The Kier molecular flexibility index (Phi) is 5.91. The highest BCUT2D eigenvalue weighted by atomic mass is 35.5. The Morgan fingerprint density at radius 2 is 1.89 bits per heavy atom. The van der Waals surface area contributed by atoms with E-state index in [-0.39, 0.29) is 22.0 Å². The van der Waals surface area contributed by atoms with Gasteiger partial charge in [-0.15, -0.1) is 0 Å². The lowest BCUT2D eigenvalue weighted by atomic mass is 9.95. The molecule has 1 atom stereocenters. The molecule has 1 aliphatic rings. The lowest BCUT2D eigenvalue weighted by Crippen LogP contribution is -2.29. The van der Waals surface area contributed by atoms with Crippen LogP contribution in [0.4, 0.5) is 10.8 Å². The van der Waals surface area contributed by atoms with Gasteiger partial charge in [-0.1, -0.05) is 35.1 Å². The van der Waals surface area contributed by atoms with E-state index >= 15 is 0 Å². The highest BCUT2D eigenvalue weighted by Crippen LogP contribution is 2.45. The van der Waals surface area contributed by atoms with E-state index in [0.29, 0.717) is 26.6 Å². The second kappa shape index (κ2) is 9.06. The number of carbonyl (C=O) groups is 2. The molecule has 11 heteroatoms. The van der Waals surface area contributed by atoms with Crippen molar-refractivity contribution < 1.29 is 24.4 Å². The fourth-order valence-electron chi connectivity index (χ4n) is 4.04. The van der Waals surface area contributed by atoms with E-state index < -0.39 is 28.4 Å². The molecule has 1 amide bonds. The third-order valence-corrected chi connectivity index (χ3v) is 7.01. The number of hydrogen-bond donors (Lipinski definition) is 1. The van der Waals surface area contributed by atoms with Crippen LogP contribution in [0.5, 0.6) is 5.75 Å². The van der Waals surface area contributed by atoms with Crippen LogP contribution >= 0.6 is 22.9 Å². The first kappa shape index (κ1) is 23.5. The van der Waals surface area contributed by atoms with Crippen molar-refractivity contribution in [2.75, 3.05) is 12.0 Å². The number of aliphatic hydroxyl groups is 1. The van der Waals surface area contributed by atoms with Gasteiger partial charge in [0.1, 0.15) is 11.5 Å². The summed E-state index contributed by atoms with van der Waals surface area (Å²) in [5, 5.41) is 23.1. The molecule has 5 rings (SSSR count). The molecule has 0 aliphatic carbocycles. The van der Waals surface area contributed by atoms with Crippen molar-refractivity contribution in [2.24, 2.45) is 0 Å². The molecule has 180 valence electrons. The quantitative estimate of drug-likeness (QED) is 0.121. The summed E-state index contributed by atoms with van der Waals surface area (Å²) in [5.74, 6) is -1.74. The van der Waals surface area contributed by atoms with E-state index in [1.54, 1.807) is 36.4 Å². The van der Waals surface area contributed by atoms with Gasteiger partial charge in [0.2, 0.25) is 0 Å². The smallest absolute Gasteiger partial charge is 0.301 e. The Balaban J connectivity index is 1.72. The standard InChI is InChI=1S/C25H16ClN3O6S/c1-35-17-4-2-3-14(11-17)22(30)20-21(13-5-8-16(9-6-13)29(33)34)28(24(32)23(20)31)25-27-18-10-7-15(26)12-19(18)36-25/h2-12,21,30H,1H3/b22-20+. The number of rotatable bonds is 5. The summed E-state index contributed by atoms with van der Waals surface area (Å²) in [5.41, 5.74) is 0.922. The van der Waals surface area contributed by atoms with Crippen LogP contribution in [0.3, 0.4) is 0 Å². The minimum Gasteiger partial charge on any atom is -0.507 e. The van der Waals surface area contributed by atoms with E-state index in [1.165, 1.54) is 42.3 Å². The average Bonchev–Trinajstić information content (AvgIpc) is 3.41. The number of amides is 1. The van der Waals surface area contributed by atoms with Gasteiger partial charge >= 0.3 is 5.91 Å². The fourth-order valence-corrected chi connectivity index (χ4v) is 5.31. The van der Waals surface area contributed by atoms with Gasteiger partial charge in [-0.25, -0.2) is 4.98 Å². The summed E-state index contributed by atoms with van der Waals surface area (Å²) in [6.45, 7) is 0. The van der Waals surface area contributed by atoms with Crippen LogP contribution in [-0.4, -0.2) is 33.8 Å². The molecule has 1 saturated heterocycles. The molecule has 1 aromatic heterocycles. The van der Waals surface area contributed by atoms with Crippen molar-refractivity contribution in [2.45, 2.75) is 6.04 Å². The Labute approximate surface area is 213 Å². The number of aliphatic hydroxyl groups excluding tert-OH is 1. The molecule has 0 saturated carbocycles. The zero-order valence-electron chi connectivity index (χ0n) is 18.5. The molecule has 1 unspecified atom stereocenters.